The van der Waals surface area contributed by atoms with Crippen LogP contribution in [0.1, 0.15) is 44.0 Å². The minimum absolute atomic E-state index is 0.114. The first-order valence-corrected chi connectivity index (χ1v) is 10.6. The van der Waals surface area contributed by atoms with E-state index in [1.165, 1.54) is 5.56 Å². The largest absolute Gasteiger partial charge is 0.493 e. The van der Waals surface area contributed by atoms with Crippen LogP contribution in [-0.4, -0.2) is 28.6 Å². The molecule has 154 valence electrons. The first-order chi connectivity index (χ1) is 14.2. The molecule has 5 heteroatoms. The summed E-state index contributed by atoms with van der Waals surface area (Å²) in [5, 5.41) is 2.99. The summed E-state index contributed by atoms with van der Waals surface area (Å²) in [5.74, 6) is 2.11. The standard InChI is InChI=1S/C24H31N3O2/c1-3-10-24(28)25-16-15-23-26-20-12-5-6-13-21(20)27(23)17-8-9-18-29-22-14-7-4-11-19(22)2/h4-7,11-14H,3,8-10,15-18H2,1-2H3,(H,25,28). The first kappa shape index (κ1) is 20.9. The highest BCUT2D eigenvalue weighted by molar-refractivity contribution is 5.76. The minimum Gasteiger partial charge on any atom is -0.493 e. The van der Waals surface area contributed by atoms with Gasteiger partial charge in [-0.25, -0.2) is 4.98 Å². The number of ether oxygens (including phenoxy) is 1. The van der Waals surface area contributed by atoms with Gasteiger partial charge in [-0.2, -0.15) is 0 Å². The van der Waals surface area contributed by atoms with Crippen molar-refractivity contribution >= 4 is 16.9 Å². The SMILES string of the molecule is CCCC(=O)NCCc1nc2ccccc2n1CCCCOc1ccccc1C. The van der Waals surface area contributed by atoms with Crippen molar-refractivity contribution in [1.29, 1.82) is 0 Å². The van der Waals surface area contributed by atoms with Crippen molar-refractivity contribution in [3.63, 3.8) is 0 Å². The molecule has 0 aliphatic carbocycles. The van der Waals surface area contributed by atoms with Crippen LogP contribution in [0.3, 0.4) is 0 Å². The number of imidazole rings is 1. The maximum atomic E-state index is 11.7. The molecule has 0 atom stereocenters. The molecule has 0 fully saturated rings. The van der Waals surface area contributed by atoms with Crippen LogP contribution in [-0.2, 0) is 17.8 Å². The van der Waals surface area contributed by atoms with E-state index in [-0.39, 0.29) is 5.91 Å². The smallest absolute Gasteiger partial charge is 0.219 e. The Labute approximate surface area is 173 Å². The lowest BCUT2D eigenvalue weighted by Gasteiger charge is -2.11. The molecule has 29 heavy (non-hydrogen) atoms. The maximum Gasteiger partial charge on any atom is 0.219 e. The van der Waals surface area contributed by atoms with Gasteiger partial charge in [-0.05, 0) is 49.9 Å². The lowest BCUT2D eigenvalue weighted by atomic mass is 10.2. The normalized spacial score (nSPS) is 11.0. The number of benzene rings is 2. The van der Waals surface area contributed by atoms with E-state index in [0.29, 0.717) is 19.6 Å². The van der Waals surface area contributed by atoms with Gasteiger partial charge >= 0.3 is 0 Å². The second kappa shape index (κ2) is 10.6. The van der Waals surface area contributed by atoms with Crippen molar-refractivity contribution in [3.8, 4) is 5.75 Å². The Kier molecular flexibility index (Phi) is 7.68. The minimum atomic E-state index is 0.114. The van der Waals surface area contributed by atoms with E-state index in [1.807, 2.05) is 37.3 Å². The zero-order valence-electron chi connectivity index (χ0n) is 17.5. The van der Waals surface area contributed by atoms with Crippen LogP contribution in [0.4, 0.5) is 0 Å². The number of aryl methyl sites for hydroxylation is 2. The fraction of sp³-hybridized carbons (Fsp3) is 0.417. The molecular weight excluding hydrogens is 362 g/mol. The van der Waals surface area contributed by atoms with E-state index in [1.54, 1.807) is 0 Å². The molecule has 0 unspecified atom stereocenters. The molecule has 1 aromatic heterocycles. The van der Waals surface area contributed by atoms with Gasteiger partial charge in [-0.15, -0.1) is 0 Å². The van der Waals surface area contributed by atoms with Gasteiger partial charge in [0.1, 0.15) is 11.6 Å². The number of fused-ring (bicyclic) bond motifs is 1. The van der Waals surface area contributed by atoms with Gasteiger partial charge in [0.05, 0.1) is 17.6 Å². The topological polar surface area (TPSA) is 56.2 Å². The number of rotatable bonds is 11. The van der Waals surface area contributed by atoms with Gasteiger partial charge in [0.2, 0.25) is 5.91 Å². The Bertz CT molecular complexity index is 933. The third kappa shape index (κ3) is 5.83. The van der Waals surface area contributed by atoms with Crippen LogP contribution in [0, 0.1) is 6.92 Å². The fourth-order valence-corrected chi connectivity index (χ4v) is 3.47. The average Bonchev–Trinajstić information content (AvgIpc) is 3.07. The number of amides is 1. The van der Waals surface area contributed by atoms with Gasteiger partial charge in [-0.3, -0.25) is 4.79 Å². The third-order valence-electron chi connectivity index (χ3n) is 5.01. The second-order valence-corrected chi connectivity index (χ2v) is 7.34. The first-order valence-electron chi connectivity index (χ1n) is 10.6. The molecule has 0 spiro atoms. The van der Waals surface area contributed by atoms with Gasteiger partial charge < -0.3 is 14.6 Å². The molecule has 1 heterocycles. The predicted octanol–water partition coefficient (Wildman–Crippen LogP) is 4.66. The molecule has 2 aromatic carbocycles. The van der Waals surface area contributed by atoms with Crippen LogP contribution in [0.5, 0.6) is 5.75 Å². The van der Waals surface area contributed by atoms with E-state index in [0.717, 1.165) is 54.8 Å². The Morgan fingerprint density at radius 1 is 1.10 bits per heavy atom. The number of hydrogen-bond acceptors (Lipinski definition) is 3. The van der Waals surface area contributed by atoms with Gasteiger partial charge in [0.25, 0.3) is 0 Å². The molecule has 0 radical (unpaired) electrons. The molecule has 0 saturated heterocycles. The van der Waals surface area contributed by atoms with Crippen LogP contribution in [0.2, 0.25) is 0 Å². The highest BCUT2D eigenvalue weighted by atomic mass is 16.5. The molecule has 3 aromatic rings. The molecule has 0 bridgehead atoms. The summed E-state index contributed by atoms with van der Waals surface area (Å²) >= 11 is 0. The molecule has 0 aliphatic rings. The van der Waals surface area contributed by atoms with E-state index in [4.69, 9.17) is 9.72 Å². The van der Waals surface area contributed by atoms with Gasteiger partial charge in [0, 0.05) is 25.9 Å². The summed E-state index contributed by atoms with van der Waals surface area (Å²) in [6.45, 7) is 6.31. The fourth-order valence-electron chi connectivity index (χ4n) is 3.47. The number of carbonyl (C=O) groups is 1. The Balaban J connectivity index is 1.55. The zero-order valence-corrected chi connectivity index (χ0v) is 17.5. The Morgan fingerprint density at radius 3 is 2.72 bits per heavy atom. The summed E-state index contributed by atoms with van der Waals surface area (Å²) < 4.78 is 8.20. The number of para-hydroxylation sites is 3. The lowest BCUT2D eigenvalue weighted by molar-refractivity contribution is -0.121. The van der Waals surface area contributed by atoms with Gasteiger partial charge in [-0.1, -0.05) is 37.3 Å². The van der Waals surface area contributed by atoms with Gasteiger partial charge in [0.15, 0.2) is 0 Å². The van der Waals surface area contributed by atoms with E-state index >= 15 is 0 Å². The van der Waals surface area contributed by atoms with Crippen molar-refractivity contribution in [2.75, 3.05) is 13.2 Å². The van der Waals surface area contributed by atoms with Crippen LogP contribution in [0.25, 0.3) is 11.0 Å². The second-order valence-electron chi connectivity index (χ2n) is 7.34. The molecule has 1 amide bonds. The summed E-state index contributed by atoms with van der Waals surface area (Å²) in [5.41, 5.74) is 3.33. The lowest BCUT2D eigenvalue weighted by Crippen LogP contribution is -2.26. The van der Waals surface area contributed by atoms with Crippen LogP contribution >= 0.6 is 0 Å². The molecule has 0 saturated carbocycles. The summed E-state index contributed by atoms with van der Waals surface area (Å²) in [6, 6.07) is 16.3. The maximum absolute atomic E-state index is 11.7. The van der Waals surface area contributed by atoms with Crippen LogP contribution < -0.4 is 10.1 Å². The Hall–Kier alpha value is -2.82. The molecule has 0 aliphatic heterocycles. The Morgan fingerprint density at radius 2 is 1.90 bits per heavy atom. The molecule has 1 N–H and O–H groups in total. The molecule has 3 rings (SSSR count). The van der Waals surface area contributed by atoms with E-state index in [9.17, 15) is 4.79 Å². The summed E-state index contributed by atoms with van der Waals surface area (Å²) in [7, 11) is 0. The van der Waals surface area contributed by atoms with Crippen molar-refractivity contribution in [2.24, 2.45) is 0 Å². The summed E-state index contributed by atoms with van der Waals surface area (Å²) in [6.07, 6.45) is 4.19. The number of carbonyl (C=O) groups excluding carboxylic acids is 1. The number of nitrogens with one attached hydrogen (secondary N) is 1. The van der Waals surface area contributed by atoms with Crippen molar-refractivity contribution in [3.05, 3.63) is 59.9 Å². The van der Waals surface area contributed by atoms with Crippen molar-refractivity contribution < 1.29 is 9.53 Å². The molecular formula is C24H31N3O2. The van der Waals surface area contributed by atoms with E-state index in [2.05, 4.69) is 35.0 Å². The monoisotopic (exact) mass is 393 g/mol. The zero-order chi connectivity index (χ0) is 20.5. The summed E-state index contributed by atoms with van der Waals surface area (Å²) in [4.78, 5) is 16.5. The predicted molar refractivity (Wildman–Crippen MR) is 117 cm³/mol. The average molecular weight is 394 g/mol. The quantitative estimate of drug-likeness (QED) is 0.482. The highest BCUT2D eigenvalue weighted by Crippen LogP contribution is 2.19. The third-order valence-corrected chi connectivity index (χ3v) is 5.01. The van der Waals surface area contributed by atoms with Crippen LogP contribution in [0.15, 0.2) is 48.5 Å². The van der Waals surface area contributed by atoms with Crippen molar-refractivity contribution in [2.45, 2.75) is 52.5 Å². The molecule has 5 nitrogen and oxygen atoms in total. The number of unbranched alkanes of at least 4 members (excludes halogenated alkanes) is 1. The number of aromatic nitrogens is 2. The number of nitrogens with zero attached hydrogens (tertiary/aromatic N) is 2. The highest BCUT2D eigenvalue weighted by Gasteiger charge is 2.10. The van der Waals surface area contributed by atoms with Crippen molar-refractivity contribution in [1.82, 2.24) is 14.9 Å². The van der Waals surface area contributed by atoms with E-state index < -0.39 is 0 Å². The number of hydrogen-bond donors (Lipinski definition) is 1.